The second-order valence-electron chi connectivity index (χ2n) is 6.99. The van der Waals surface area contributed by atoms with Crippen molar-refractivity contribution in [3.63, 3.8) is 0 Å². The summed E-state index contributed by atoms with van der Waals surface area (Å²) in [6, 6.07) is 11.7. The van der Waals surface area contributed by atoms with Gasteiger partial charge in [0.25, 0.3) is 5.91 Å². The Bertz CT molecular complexity index is 1220. The molecular formula is C21H23N5O5S. The molecule has 0 aliphatic carbocycles. The Labute approximate surface area is 185 Å². The number of carbonyl (C=O) groups is 2. The predicted octanol–water partition coefficient (Wildman–Crippen LogP) is 1.30. The Morgan fingerprint density at radius 3 is 2.53 bits per heavy atom. The standard InChI is InChI=1S/C21H23N5O5S/c1-15-17(13-24-26(15)19-10-6-7-11-22-19)21(28)31-14-20(27)23-12-16-8-4-5-9-18(16)32(29,30)25(2)3/h4-11,13H,12,14H2,1-3H3,(H,23,27). The Hall–Kier alpha value is -3.57. The van der Waals surface area contributed by atoms with Crippen LogP contribution < -0.4 is 5.32 Å². The van der Waals surface area contributed by atoms with E-state index in [2.05, 4.69) is 15.4 Å². The highest BCUT2D eigenvalue weighted by molar-refractivity contribution is 7.89. The predicted molar refractivity (Wildman–Crippen MR) is 116 cm³/mol. The summed E-state index contributed by atoms with van der Waals surface area (Å²) in [5.41, 5.74) is 1.16. The number of hydrogen-bond acceptors (Lipinski definition) is 7. The quantitative estimate of drug-likeness (QED) is 0.506. The molecule has 11 heteroatoms. The molecule has 0 unspecified atom stereocenters. The highest BCUT2D eigenvalue weighted by Gasteiger charge is 2.21. The molecule has 3 rings (SSSR count). The minimum absolute atomic E-state index is 0.0315. The van der Waals surface area contributed by atoms with Gasteiger partial charge >= 0.3 is 5.97 Å². The van der Waals surface area contributed by atoms with Gasteiger partial charge in [0.2, 0.25) is 10.0 Å². The molecule has 0 radical (unpaired) electrons. The average molecular weight is 458 g/mol. The summed E-state index contributed by atoms with van der Waals surface area (Å²) >= 11 is 0. The first-order valence-electron chi connectivity index (χ1n) is 9.62. The first-order valence-corrected chi connectivity index (χ1v) is 11.1. The number of ether oxygens (including phenoxy) is 1. The van der Waals surface area contributed by atoms with Gasteiger partial charge in [-0.25, -0.2) is 27.2 Å². The zero-order valence-electron chi connectivity index (χ0n) is 17.8. The number of benzene rings is 1. The summed E-state index contributed by atoms with van der Waals surface area (Å²) < 4.78 is 32.6. The zero-order valence-corrected chi connectivity index (χ0v) is 18.7. The van der Waals surface area contributed by atoms with Crippen LogP contribution in [0.25, 0.3) is 5.82 Å². The van der Waals surface area contributed by atoms with Crippen LogP contribution in [0.5, 0.6) is 0 Å². The summed E-state index contributed by atoms with van der Waals surface area (Å²) in [7, 11) is -0.795. The number of pyridine rings is 1. The maximum atomic E-state index is 12.4. The molecule has 0 atom stereocenters. The normalized spacial score (nSPS) is 11.4. The molecule has 168 valence electrons. The molecule has 10 nitrogen and oxygen atoms in total. The fraction of sp³-hybridized carbons (Fsp3) is 0.238. The van der Waals surface area contributed by atoms with Crippen LogP contribution in [0, 0.1) is 6.92 Å². The van der Waals surface area contributed by atoms with Crippen LogP contribution in [-0.2, 0) is 26.1 Å². The molecule has 1 aromatic carbocycles. The maximum Gasteiger partial charge on any atom is 0.342 e. The van der Waals surface area contributed by atoms with Crippen LogP contribution in [-0.4, -0.2) is 60.1 Å². The van der Waals surface area contributed by atoms with E-state index in [-0.39, 0.29) is 17.0 Å². The van der Waals surface area contributed by atoms with Crippen LogP contribution in [0.3, 0.4) is 0 Å². The first-order chi connectivity index (χ1) is 15.2. The number of rotatable bonds is 8. The molecule has 0 aliphatic heterocycles. The summed E-state index contributed by atoms with van der Waals surface area (Å²) in [6.45, 7) is 1.15. The number of aromatic nitrogens is 3. The number of sulfonamides is 1. The Morgan fingerprint density at radius 2 is 1.84 bits per heavy atom. The van der Waals surface area contributed by atoms with Crippen LogP contribution in [0.2, 0.25) is 0 Å². The fourth-order valence-electron chi connectivity index (χ4n) is 2.87. The van der Waals surface area contributed by atoms with Crippen molar-refractivity contribution >= 4 is 21.9 Å². The van der Waals surface area contributed by atoms with Crippen molar-refractivity contribution in [1.82, 2.24) is 24.4 Å². The fourth-order valence-corrected chi connectivity index (χ4v) is 3.99. The van der Waals surface area contributed by atoms with E-state index < -0.39 is 28.5 Å². The van der Waals surface area contributed by atoms with Gasteiger partial charge in [-0.3, -0.25) is 4.79 Å². The van der Waals surface area contributed by atoms with Crippen molar-refractivity contribution in [3.05, 3.63) is 71.7 Å². The molecule has 32 heavy (non-hydrogen) atoms. The second kappa shape index (κ2) is 9.71. The maximum absolute atomic E-state index is 12.4. The lowest BCUT2D eigenvalue weighted by atomic mass is 10.2. The van der Waals surface area contributed by atoms with Gasteiger partial charge in [0.1, 0.15) is 5.56 Å². The van der Waals surface area contributed by atoms with Gasteiger partial charge in [-0.2, -0.15) is 5.10 Å². The largest absolute Gasteiger partial charge is 0.452 e. The molecule has 3 aromatic rings. The molecule has 1 amide bonds. The number of nitrogens with one attached hydrogen (secondary N) is 1. The zero-order chi connectivity index (χ0) is 23.3. The summed E-state index contributed by atoms with van der Waals surface area (Å²) in [5, 5.41) is 6.72. The topological polar surface area (TPSA) is 123 Å². The lowest BCUT2D eigenvalue weighted by molar-refractivity contribution is -0.124. The van der Waals surface area contributed by atoms with Crippen LogP contribution in [0.15, 0.2) is 59.8 Å². The van der Waals surface area contributed by atoms with E-state index in [9.17, 15) is 18.0 Å². The number of esters is 1. The Kier molecular flexibility index (Phi) is 7.01. The summed E-state index contributed by atoms with van der Waals surface area (Å²) in [6.07, 6.45) is 2.97. The monoisotopic (exact) mass is 457 g/mol. The SMILES string of the molecule is Cc1c(C(=O)OCC(=O)NCc2ccccc2S(=O)(=O)N(C)C)cnn1-c1ccccn1. The van der Waals surface area contributed by atoms with Gasteiger partial charge in [0.15, 0.2) is 12.4 Å². The first kappa shape index (κ1) is 23.1. The average Bonchev–Trinajstić information content (AvgIpc) is 3.18. The van der Waals surface area contributed by atoms with E-state index in [1.807, 2.05) is 0 Å². The third-order valence-electron chi connectivity index (χ3n) is 4.64. The number of hydrogen-bond donors (Lipinski definition) is 1. The van der Waals surface area contributed by atoms with E-state index in [1.165, 1.54) is 31.0 Å². The molecule has 0 aliphatic rings. The smallest absolute Gasteiger partial charge is 0.342 e. The van der Waals surface area contributed by atoms with E-state index in [4.69, 9.17) is 4.74 Å². The van der Waals surface area contributed by atoms with E-state index in [0.717, 1.165) is 4.31 Å². The van der Waals surface area contributed by atoms with Crippen molar-refractivity contribution in [3.8, 4) is 5.82 Å². The van der Waals surface area contributed by atoms with Gasteiger partial charge in [0.05, 0.1) is 16.8 Å². The lowest BCUT2D eigenvalue weighted by Gasteiger charge is -2.15. The molecule has 0 saturated heterocycles. The van der Waals surface area contributed by atoms with Crippen molar-refractivity contribution < 1.29 is 22.7 Å². The van der Waals surface area contributed by atoms with Crippen molar-refractivity contribution in [1.29, 1.82) is 0 Å². The van der Waals surface area contributed by atoms with E-state index >= 15 is 0 Å². The van der Waals surface area contributed by atoms with E-state index in [0.29, 0.717) is 17.1 Å². The number of amides is 1. The second-order valence-corrected chi connectivity index (χ2v) is 9.11. The molecule has 1 N–H and O–H groups in total. The minimum atomic E-state index is -3.66. The van der Waals surface area contributed by atoms with Gasteiger partial charge in [-0.1, -0.05) is 24.3 Å². The molecule has 2 aromatic heterocycles. The minimum Gasteiger partial charge on any atom is -0.452 e. The van der Waals surface area contributed by atoms with Crippen molar-refractivity contribution in [2.45, 2.75) is 18.4 Å². The third-order valence-corrected chi connectivity index (χ3v) is 6.55. The van der Waals surface area contributed by atoms with Crippen LogP contribution in [0.4, 0.5) is 0 Å². The van der Waals surface area contributed by atoms with Crippen molar-refractivity contribution in [2.24, 2.45) is 0 Å². The van der Waals surface area contributed by atoms with Crippen LogP contribution >= 0.6 is 0 Å². The van der Waals surface area contributed by atoms with Gasteiger partial charge < -0.3 is 10.1 Å². The Morgan fingerprint density at radius 1 is 1.12 bits per heavy atom. The third kappa shape index (κ3) is 5.01. The van der Waals surface area contributed by atoms with Gasteiger partial charge in [0, 0.05) is 26.8 Å². The Balaban J connectivity index is 1.60. The lowest BCUT2D eigenvalue weighted by Crippen LogP contribution is -2.30. The number of nitrogens with zero attached hydrogens (tertiary/aromatic N) is 4. The van der Waals surface area contributed by atoms with Gasteiger partial charge in [-0.15, -0.1) is 0 Å². The molecule has 0 spiro atoms. The van der Waals surface area contributed by atoms with Gasteiger partial charge in [-0.05, 0) is 30.7 Å². The highest BCUT2D eigenvalue weighted by atomic mass is 32.2. The molecule has 0 bridgehead atoms. The number of carbonyl (C=O) groups excluding carboxylic acids is 2. The molecule has 0 fully saturated rings. The molecule has 2 heterocycles. The highest BCUT2D eigenvalue weighted by Crippen LogP contribution is 2.18. The summed E-state index contributed by atoms with van der Waals surface area (Å²) in [5.74, 6) is -0.714. The van der Waals surface area contributed by atoms with Crippen LogP contribution in [0.1, 0.15) is 21.6 Å². The molecular weight excluding hydrogens is 434 g/mol. The van der Waals surface area contributed by atoms with Crippen molar-refractivity contribution in [2.75, 3.05) is 20.7 Å². The van der Waals surface area contributed by atoms with E-state index in [1.54, 1.807) is 49.5 Å². The molecule has 0 saturated carbocycles. The summed E-state index contributed by atoms with van der Waals surface area (Å²) in [4.78, 5) is 28.8.